The van der Waals surface area contributed by atoms with Crippen molar-refractivity contribution in [3.05, 3.63) is 101 Å². The summed E-state index contributed by atoms with van der Waals surface area (Å²) in [5, 5.41) is 40.8. The third-order valence-electron chi connectivity index (χ3n) is 7.91. The van der Waals surface area contributed by atoms with Crippen LogP contribution in [0.25, 0.3) is 0 Å². The van der Waals surface area contributed by atoms with E-state index in [-0.39, 0.29) is 17.6 Å². The first kappa shape index (κ1) is 31.3. The lowest BCUT2D eigenvalue weighted by Gasteiger charge is -2.42. The van der Waals surface area contributed by atoms with Crippen LogP contribution in [0.4, 0.5) is 0 Å². The zero-order valence-electron chi connectivity index (χ0n) is 24.0. The van der Waals surface area contributed by atoms with Crippen molar-refractivity contribution in [1.29, 1.82) is 0 Å². The Hall–Kier alpha value is -3.19. The number of aliphatic carboxylic acids is 1. The lowest BCUT2D eigenvalue weighted by atomic mass is 9.72. The minimum Gasteiger partial charge on any atom is -0.508 e. The number of rotatable bonds is 10. The van der Waals surface area contributed by atoms with E-state index in [4.69, 9.17) is 5.11 Å². The third kappa shape index (κ3) is 8.17. The van der Waals surface area contributed by atoms with Crippen LogP contribution in [0, 0.1) is 11.8 Å². The van der Waals surface area contributed by atoms with Gasteiger partial charge in [-0.2, -0.15) is 0 Å². The first-order chi connectivity index (χ1) is 19.2. The Bertz CT molecular complexity index is 1130. The van der Waals surface area contributed by atoms with Crippen LogP contribution in [0.15, 0.2) is 78.9 Å². The maximum absolute atomic E-state index is 12.0. The highest BCUT2D eigenvalue weighted by molar-refractivity contribution is 5.68. The summed E-state index contributed by atoms with van der Waals surface area (Å²) in [4.78, 5) is 12.1. The van der Waals surface area contributed by atoms with Gasteiger partial charge < -0.3 is 25.3 Å². The van der Waals surface area contributed by atoms with Gasteiger partial charge in [0.2, 0.25) is 0 Å². The molecule has 1 heterocycles. The second-order valence-corrected chi connectivity index (χ2v) is 11.0. The van der Waals surface area contributed by atoms with Gasteiger partial charge in [0.1, 0.15) is 11.4 Å². The normalized spacial score (nSPS) is 15.3. The Balaban J connectivity index is 0.000000663. The summed E-state index contributed by atoms with van der Waals surface area (Å²) < 4.78 is 0. The average Bonchev–Trinajstić information content (AvgIpc) is 2.98. The Morgan fingerprint density at radius 2 is 1.48 bits per heavy atom. The van der Waals surface area contributed by atoms with Gasteiger partial charge >= 0.3 is 5.97 Å². The van der Waals surface area contributed by atoms with Crippen molar-refractivity contribution in [2.45, 2.75) is 64.6 Å². The van der Waals surface area contributed by atoms with Gasteiger partial charge in [0.25, 0.3) is 0 Å². The number of carbonyl (C=O) groups is 1. The molecule has 0 radical (unpaired) electrons. The molecule has 0 amide bonds. The monoisotopic (exact) mass is 547 g/mol. The number of hydrogen-bond acceptors (Lipinski definition) is 5. The zero-order valence-corrected chi connectivity index (χ0v) is 24.0. The van der Waals surface area contributed by atoms with Crippen molar-refractivity contribution in [2.75, 3.05) is 19.6 Å². The minimum atomic E-state index is -0.993. The first-order valence-corrected chi connectivity index (χ1v) is 14.4. The Morgan fingerprint density at radius 1 is 0.950 bits per heavy atom. The number of carboxylic acids is 1. The predicted molar refractivity (Wildman–Crippen MR) is 159 cm³/mol. The summed E-state index contributed by atoms with van der Waals surface area (Å²) in [6.45, 7) is 8.10. The van der Waals surface area contributed by atoms with E-state index in [0.717, 1.165) is 62.0 Å². The maximum atomic E-state index is 12.0. The standard InChI is InChI=1S/C30H37NO3.C4H8O2/c1-2-23-15-16-27(29(33)22-23)28(32)14-9-19-31-20-17-26(18-21-31)30(34,24-10-5-3-6-11-24)25-12-7-4-8-13-25;1-3(2)4(5)6/h3-8,10-13,15-16,22,26,28,32-34H,2,9,14,17-21H2,1H3;3H,1-2H3,(H,5,6). The molecule has 1 fully saturated rings. The van der Waals surface area contributed by atoms with E-state index in [1.54, 1.807) is 19.9 Å². The van der Waals surface area contributed by atoms with Gasteiger partial charge in [-0.3, -0.25) is 4.79 Å². The molecular formula is C34H45NO5. The van der Waals surface area contributed by atoms with Crippen LogP contribution in [0.2, 0.25) is 0 Å². The number of benzene rings is 3. The minimum absolute atomic E-state index is 0.146. The van der Waals surface area contributed by atoms with Crippen LogP contribution in [-0.2, 0) is 16.8 Å². The molecule has 6 heteroatoms. The molecule has 0 spiro atoms. The molecule has 216 valence electrons. The lowest BCUT2D eigenvalue weighted by molar-refractivity contribution is -0.140. The molecule has 1 unspecified atom stereocenters. The van der Waals surface area contributed by atoms with Crippen LogP contribution < -0.4 is 0 Å². The second kappa shape index (κ2) is 15.0. The number of phenols is 1. The van der Waals surface area contributed by atoms with E-state index in [0.29, 0.717) is 12.0 Å². The summed E-state index contributed by atoms with van der Waals surface area (Å²) in [7, 11) is 0. The molecular weight excluding hydrogens is 502 g/mol. The van der Waals surface area contributed by atoms with Crippen LogP contribution in [-0.4, -0.2) is 50.9 Å². The van der Waals surface area contributed by atoms with Crippen LogP contribution in [0.5, 0.6) is 5.75 Å². The van der Waals surface area contributed by atoms with E-state index >= 15 is 0 Å². The second-order valence-electron chi connectivity index (χ2n) is 11.0. The molecule has 0 aliphatic carbocycles. The molecule has 4 N–H and O–H groups in total. The molecule has 1 atom stereocenters. The maximum Gasteiger partial charge on any atom is 0.305 e. The largest absolute Gasteiger partial charge is 0.508 e. The fourth-order valence-corrected chi connectivity index (χ4v) is 5.35. The number of hydrogen-bond donors (Lipinski definition) is 4. The smallest absolute Gasteiger partial charge is 0.305 e. The van der Waals surface area contributed by atoms with Crippen molar-refractivity contribution >= 4 is 5.97 Å². The van der Waals surface area contributed by atoms with Crippen molar-refractivity contribution in [1.82, 2.24) is 4.90 Å². The van der Waals surface area contributed by atoms with Gasteiger partial charge in [-0.1, -0.05) is 93.6 Å². The highest BCUT2D eigenvalue weighted by Crippen LogP contribution is 2.42. The Labute approximate surface area is 238 Å². The van der Waals surface area contributed by atoms with Crippen LogP contribution in [0.3, 0.4) is 0 Å². The number of aliphatic hydroxyl groups is 2. The average molecular weight is 548 g/mol. The molecule has 6 nitrogen and oxygen atoms in total. The summed E-state index contributed by atoms with van der Waals surface area (Å²) in [5.74, 6) is -0.637. The fourth-order valence-electron chi connectivity index (χ4n) is 5.35. The van der Waals surface area contributed by atoms with E-state index in [1.165, 1.54) is 0 Å². The number of carboxylic acid groups (broad SMARTS) is 1. The van der Waals surface area contributed by atoms with Crippen LogP contribution >= 0.6 is 0 Å². The zero-order chi connectivity index (χ0) is 29.1. The van der Waals surface area contributed by atoms with Gasteiger partial charge in [0.05, 0.1) is 12.0 Å². The van der Waals surface area contributed by atoms with Crippen molar-refractivity contribution in [3.63, 3.8) is 0 Å². The molecule has 0 aromatic heterocycles. The summed E-state index contributed by atoms with van der Waals surface area (Å²) >= 11 is 0. The van der Waals surface area contributed by atoms with Crippen LogP contribution in [0.1, 0.15) is 74.8 Å². The topological polar surface area (TPSA) is 101 Å². The van der Waals surface area contributed by atoms with E-state index in [1.807, 2.05) is 72.8 Å². The molecule has 1 aliphatic rings. The van der Waals surface area contributed by atoms with E-state index in [9.17, 15) is 20.1 Å². The number of likely N-dealkylation sites (tertiary alicyclic amines) is 1. The quantitative estimate of drug-likeness (QED) is 0.243. The molecule has 1 aliphatic heterocycles. The summed E-state index contributed by atoms with van der Waals surface area (Å²) in [6, 6.07) is 25.7. The summed E-state index contributed by atoms with van der Waals surface area (Å²) in [5.41, 5.74) is 2.61. The third-order valence-corrected chi connectivity index (χ3v) is 7.91. The van der Waals surface area contributed by atoms with E-state index in [2.05, 4.69) is 11.8 Å². The van der Waals surface area contributed by atoms with E-state index < -0.39 is 17.7 Å². The first-order valence-electron chi connectivity index (χ1n) is 14.4. The molecule has 0 bridgehead atoms. The van der Waals surface area contributed by atoms with Gasteiger partial charge in [-0.05, 0) is 80.4 Å². The highest BCUT2D eigenvalue weighted by atomic mass is 16.4. The number of phenolic OH excluding ortho intramolecular Hbond substituents is 1. The van der Waals surface area contributed by atoms with Crippen molar-refractivity contribution in [2.24, 2.45) is 11.8 Å². The number of aromatic hydroxyl groups is 1. The van der Waals surface area contributed by atoms with Gasteiger partial charge in [-0.15, -0.1) is 0 Å². The fraction of sp³-hybridized carbons (Fsp3) is 0.441. The number of aryl methyl sites for hydroxylation is 1. The van der Waals surface area contributed by atoms with Gasteiger partial charge in [0, 0.05) is 5.56 Å². The molecule has 4 rings (SSSR count). The molecule has 3 aromatic rings. The molecule has 1 saturated heterocycles. The highest BCUT2D eigenvalue weighted by Gasteiger charge is 2.41. The lowest BCUT2D eigenvalue weighted by Crippen LogP contribution is -2.44. The SMILES string of the molecule is CC(C)C(=O)O.CCc1ccc(C(O)CCCN2CCC(C(O)(c3ccccc3)c3ccccc3)CC2)c(O)c1. The van der Waals surface area contributed by atoms with Crippen molar-refractivity contribution < 1.29 is 25.2 Å². The predicted octanol–water partition coefficient (Wildman–Crippen LogP) is 6.14. The molecule has 40 heavy (non-hydrogen) atoms. The molecule has 3 aromatic carbocycles. The Kier molecular flexibility index (Phi) is 11.7. The Morgan fingerprint density at radius 3 is 1.93 bits per heavy atom. The number of piperidine rings is 1. The number of aliphatic hydroxyl groups excluding tert-OH is 1. The number of nitrogens with zero attached hydrogens (tertiary/aromatic N) is 1. The van der Waals surface area contributed by atoms with Crippen molar-refractivity contribution in [3.8, 4) is 5.75 Å². The summed E-state index contributed by atoms with van der Waals surface area (Å²) in [6.07, 6.45) is 3.54. The van der Waals surface area contributed by atoms with Gasteiger partial charge in [-0.25, -0.2) is 0 Å². The molecule has 0 saturated carbocycles. The van der Waals surface area contributed by atoms with Gasteiger partial charge in [0.15, 0.2) is 0 Å².